The van der Waals surface area contributed by atoms with Gasteiger partial charge in [0.15, 0.2) is 0 Å². The van der Waals surface area contributed by atoms with Gasteiger partial charge in [-0.1, -0.05) is 12.1 Å². The third-order valence-corrected chi connectivity index (χ3v) is 2.65. The zero-order valence-electron chi connectivity index (χ0n) is 10.3. The SMILES string of the molecule is COC(=O)NC1=NC(c2ccc(OC)cc2)CN1. The third kappa shape index (κ3) is 2.71. The van der Waals surface area contributed by atoms with E-state index in [0.717, 1.165) is 11.3 Å². The topological polar surface area (TPSA) is 72.0 Å². The molecule has 1 unspecified atom stereocenters. The molecule has 0 aliphatic carbocycles. The number of nitrogens with one attached hydrogen (secondary N) is 2. The van der Waals surface area contributed by atoms with E-state index in [2.05, 4.69) is 20.4 Å². The minimum Gasteiger partial charge on any atom is -0.497 e. The Bertz CT molecular complexity index is 456. The Morgan fingerprint density at radius 3 is 2.72 bits per heavy atom. The van der Waals surface area contributed by atoms with Gasteiger partial charge in [-0.15, -0.1) is 0 Å². The molecule has 0 bridgehead atoms. The van der Waals surface area contributed by atoms with Gasteiger partial charge in [0.2, 0.25) is 5.96 Å². The smallest absolute Gasteiger partial charge is 0.413 e. The second-order valence-electron chi connectivity index (χ2n) is 3.76. The number of ether oxygens (including phenoxy) is 2. The Labute approximate surface area is 105 Å². The van der Waals surface area contributed by atoms with Crippen molar-refractivity contribution in [2.24, 2.45) is 4.99 Å². The summed E-state index contributed by atoms with van der Waals surface area (Å²) in [5.74, 6) is 1.24. The lowest BCUT2D eigenvalue weighted by atomic mass is 10.1. The Hall–Kier alpha value is -2.24. The maximum absolute atomic E-state index is 11.0. The second-order valence-corrected chi connectivity index (χ2v) is 3.76. The number of hydrogen-bond acceptors (Lipinski definition) is 5. The molecule has 1 atom stereocenters. The van der Waals surface area contributed by atoms with Crippen LogP contribution >= 0.6 is 0 Å². The van der Waals surface area contributed by atoms with Crippen LogP contribution in [0, 0.1) is 0 Å². The van der Waals surface area contributed by atoms with E-state index in [1.165, 1.54) is 7.11 Å². The second kappa shape index (κ2) is 5.39. The van der Waals surface area contributed by atoms with Crippen molar-refractivity contribution in [2.75, 3.05) is 20.8 Å². The molecule has 1 amide bonds. The quantitative estimate of drug-likeness (QED) is 0.821. The summed E-state index contributed by atoms with van der Waals surface area (Å²) in [4.78, 5) is 15.4. The molecule has 1 aromatic carbocycles. The highest BCUT2D eigenvalue weighted by molar-refractivity contribution is 5.94. The molecule has 1 aliphatic rings. The Morgan fingerprint density at radius 2 is 2.11 bits per heavy atom. The predicted octanol–water partition coefficient (Wildman–Crippen LogP) is 1.05. The van der Waals surface area contributed by atoms with E-state index in [4.69, 9.17) is 4.74 Å². The monoisotopic (exact) mass is 249 g/mol. The van der Waals surface area contributed by atoms with Gasteiger partial charge in [0, 0.05) is 6.54 Å². The molecule has 0 spiro atoms. The molecule has 2 rings (SSSR count). The average molecular weight is 249 g/mol. The van der Waals surface area contributed by atoms with E-state index < -0.39 is 6.09 Å². The molecule has 0 saturated heterocycles. The lowest BCUT2D eigenvalue weighted by Crippen LogP contribution is -2.37. The van der Waals surface area contributed by atoms with E-state index in [1.807, 2.05) is 24.3 Å². The van der Waals surface area contributed by atoms with E-state index in [0.29, 0.717) is 12.5 Å². The zero-order valence-corrected chi connectivity index (χ0v) is 10.3. The summed E-state index contributed by atoms with van der Waals surface area (Å²) in [5, 5.41) is 5.51. The molecule has 0 radical (unpaired) electrons. The molecular weight excluding hydrogens is 234 g/mol. The van der Waals surface area contributed by atoms with Crippen LogP contribution in [-0.2, 0) is 4.74 Å². The maximum Gasteiger partial charge on any atom is 0.413 e. The number of guanidine groups is 1. The molecule has 6 nitrogen and oxygen atoms in total. The number of amides is 1. The molecular formula is C12H15N3O3. The summed E-state index contributed by atoms with van der Waals surface area (Å²) in [5.41, 5.74) is 1.06. The lowest BCUT2D eigenvalue weighted by molar-refractivity contribution is 0.176. The van der Waals surface area contributed by atoms with Crippen molar-refractivity contribution in [3.05, 3.63) is 29.8 Å². The van der Waals surface area contributed by atoms with Gasteiger partial charge in [-0.2, -0.15) is 0 Å². The van der Waals surface area contributed by atoms with Crippen LogP contribution < -0.4 is 15.4 Å². The lowest BCUT2D eigenvalue weighted by Gasteiger charge is -2.06. The number of benzene rings is 1. The normalized spacial score (nSPS) is 17.7. The molecule has 96 valence electrons. The number of nitrogens with zero attached hydrogens (tertiary/aromatic N) is 1. The van der Waals surface area contributed by atoms with E-state index in [1.54, 1.807) is 7.11 Å². The standard InChI is InChI=1S/C12H15N3O3/c1-17-9-5-3-8(4-6-9)10-7-13-11(14-10)15-12(16)18-2/h3-6,10H,7H2,1-2H3,(H2,13,14,15,16). The van der Waals surface area contributed by atoms with Gasteiger partial charge in [-0.3, -0.25) is 5.32 Å². The highest BCUT2D eigenvalue weighted by atomic mass is 16.5. The van der Waals surface area contributed by atoms with Gasteiger partial charge in [0.1, 0.15) is 5.75 Å². The molecule has 0 fully saturated rings. The number of methoxy groups -OCH3 is 2. The largest absolute Gasteiger partial charge is 0.497 e. The first kappa shape index (κ1) is 12.2. The van der Waals surface area contributed by atoms with Crippen LogP contribution in [0.25, 0.3) is 0 Å². The van der Waals surface area contributed by atoms with Crippen molar-refractivity contribution in [3.8, 4) is 5.75 Å². The van der Waals surface area contributed by atoms with Crippen molar-refractivity contribution in [1.29, 1.82) is 0 Å². The average Bonchev–Trinajstić information content (AvgIpc) is 2.87. The van der Waals surface area contributed by atoms with Crippen LogP contribution in [-0.4, -0.2) is 32.8 Å². The number of carbonyl (C=O) groups excluding carboxylic acids is 1. The number of hydrogen-bond donors (Lipinski definition) is 2. The van der Waals surface area contributed by atoms with Crippen molar-refractivity contribution in [2.45, 2.75) is 6.04 Å². The number of rotatable bonds is 2. The van der Waals surface area contributed by atoms with E-state index >= 15 is 0 Å². The minimum atomic E-state index is -0.531. The first-order valence-electron chi connectivity index (χ1n) is 5.53. The summed E-state index contributed by atoms with van der Waals surface area (Å²) in [7, 11) is 2.94. The van der Waals surface area contributed by atoms with Gasteiger partial charge < -0.3 is 14.8 Å². The summed E-state index contributed by atoms with van der Waals surface area (Å²) in [6, 6.07) is 7.67. The van der Waals surface area contributed by atoms with Gasteiger partial charge >= 0.3 is 6.09 Å². The number of alkyl carbamates (subject to hydrolysis) is 1. The van der Waals surface area contributed by atoms with Crippen molar-refractivity contribution >= 4 is 12.1 Å². The van der Waals surface area contributed by atoms with E-state index in [9.17, 15) is 4.79 Å². The number of aliphatic imine (C=N–C) groups is 1. The summed E-state index contributed by atoms with van der Waals surface area (Å²) in [6.07, 6.45) is -0.531. The van der Waals surface area contributed by atoms with Crippen LogP contribution in [0.1, 0.15) is 11.6 Å². The Morgan fingerprint density at radius 1 is 1.39 bits per heavy atom. The Balaban J connectivity index is 2.04. The van der Waals surface area contributed by atoms with Gasteiger partial charge in [0.05, 0.1) is 20.3 Å². The number of carbonyl (C=O) groups is 1. The van der Waals surface area contributed by atoms with E-state index in [-0.39, 0.29) is 6.04 Å². The maximum atomic E-state index is 11.0. The third-order valence-electron chi connectivity index (χ3n) is 2.65. The van der Waals surface area contributed by atoms with Crippen LogP contribution in [0.2, 0.25) is 0 Å². The molecule has 18 heavy (non-hydrogen) atoms. The first-order chi connectivity index (χ1) is 8.72. The summed E-state index contributed by atoms with van der Waals surface area (Å²) >= 11 is 0. The highest BCUT2D eigenvalue weighted by Crippen LogP contribution is 2.22. The minimum absolute atomic E-state index is 0.0111. The van der Waals surface area contributed by atoms with Crippen LogP contribution in [0.5, 0.6) is 5.75 Å². The fraction of sp³-hybridized carbons (Fsp3) is 0.333. The van der Waals surface area contributed by atoms with Gasteiger partial charge in [-0.25, -0.2) is 9.79 Å². The Kier molecular flexibility index (Phi) is 3.66. The summed E-state index contributed by atoms with van der Waals surface area (Å²) in [6.45, 7) is 0.645. The molecule has 6 heteroatoms. The van der Waals surface area contributed by atoms with Crippen LogP contribution in [0.3, 0.4) is 0 Å². The summed E-state index contributed by atoms with van der Waals surface area (Å²) < 4.78 is 9.59. The molecule has 0 saturated carbocycles. The van der Waals surface area contributed by atoms with Crippen molar-refractivity contribution in [1.82, 2.24) is 10.6 Å². The van der Waals surface area contributed by atoms with Gasteiger partial charge in [0.25, 0.3) is 0 Å². The highest BCUT2D eigenvalue weighted by Gasteiger charge is 2.19. The van der Waals surface area contributed by atoms with Crippen molar-refractivity contribution in [3.63, 3.8) is 0 Å². The fourth-order valence-corrected chi connectivity index (χ4v) is 1.68. The molecule has 1 heterocycles. The molecule has 0 aromatic heterocycles. The molecule has 2 N–H and O–H groups in total. The fourth-order valence-electron chi connectivity index (χ4n) is 1.68. The van der Waals surface area contributed by atoms with Crippen molar-refractivity contribution < 1.29 is 14.3 Å². The van der Waals surface area contributed by atoms with Crippen LogP contribution in [0.15, 0.2) is 29.3 Å². The molecule has 1 aliphatic heterocycles. The first-order valence-corrected chi connectivity index (χ1v) is 5.53. The van der Waals surface area contributed by atoms with Gasteiger partial charge in [-0.05, 0) is 17.7 Å². The predicted molar refractivity (Wildman–Crippen MR) is 66.7 cm³/mol. The zero-order chi connectivity index (χ0) is 13.0. The van der Waals surface area contributed by atoms with Crippen LogP contribution in [0.4, 0.5) is 4.79 Å². The molecule has 1 aromatic rings.